The highest BCUT2D eigenvalue weighted by Crippen LogP contribution is 2.26. The van der Waals surface area contributed by atoms with Crippen LogP contribution in [0.25, 0.3) is 11.5 Å². The second-order valence-electron chi connectivity index (χ2n) is 9.96. The summed E-state index contributed by atoms with van der Waals surface area (Å²) in [4.78, 5) is 56.8. The second-order valence-corrected chi connectivity index (χ2v) is 9.96. The molecule has 41 heavy (non-hydrogen) atoms. The van der Waals surface area contributed by atoms with Crippen molar-refractivity contribution in [3.05, 3.63) is 59.9 Å². The lowest BCUT2D eigenvalue weighted by atomic mass is 10.0. The predicted octanol–water partition coefficient (Wildman–Crippen LogP) is 2.40. The Morgan fingerprint density at radius 2 is 1.78 bits per heavy atom. The van der Waals surface area contributed by atoms with Crippen molar-refractivity contribution >= 4 is 29.3 Å². The molecule has 2 aromatic carbocycles. The Morgan fingerprint density at radius 3 is 2.37 bits per heavy atom. The Labute approximate surface area is 238 Å². The van der Waals surface area contributed by atoms with Crippen LogP contribution in [0, 0.1) is 12.8 Å². The van der Waals surface area contributed by atoms with E-state index in [1.165, 1.54) is 7.11 Å². The summed E-state index contributed by atoms with van der Waals surface area (Å²) in [5.74, 6) is -1.98. The number of carboxylic acids is 1. The quantitative estimate of drug-likeness (QED) is 0.264. The molecule has 12 nitrogen and oxygen atoms in total. The van der Waals surface area contributed by atoms with Gasteiger partial charge in [0.15, 0.2) is 11.6 Å². The van der Waals surface area contributed by atoms with Gasteiger partial charge in [-0.1, -0.05) is 37.2 Å². The third-order valence-corrected chi connectivity index (χ3v) is 6.35. The average molecular weight is 566 g/mol. The highest BCUT2D eigenvalue weighted by molar-refractivity contribution is 5.96. The molecule has 0 bridgehead atoms. The first-order chi connectivity index (χ1) is 19.5. The first kappa shape index (κ1) is 30.8. The van der Waals surface area contributed by atoms with Crippen LogP contribution in [0.1, 0.15) is 31.7 Å². The standard InChI is InChI=1S/C29H35N5O7/c1-17(2)27(28(39)31-22(15-26(37)38)23(35)16-34(4)21-9-7-6-8-10-21)32-25(36)14-20-13-19(11-12-24(20)40-5)29-30-18(3)33-41-29/h6-13,17,22,27H,14-16H2,1-5H3,(H,31,39)(H,32,36)(H,37,38)/t22?,27-/m0/s1. The number of hydrogen-bond donors (Lipinski definition) is 3. The van der Waals surface area contributed by atoms with Gasteiger partial charge in [-0.05, 0) is 43.2 Å². The first-order valence-corrected chi connectivity index (χ1v) is 13.1. The van der Waals surface area contributed by atoms with Gasteiger partial charge in [-0.3, -0.25) is 19.2 Å². The monoisotopic (exact) mass is 565 g/mol. The highest BCUT2D eigenvalue weighted by atomic mass is 16.5. The summed E-state index contributed by atoms with van der Waals surface area (Å²) in [7, 11) is 3.18. The van der Waals surface area contributed by atoms with Crippen LogP contribution in [0.5, 0.6) is 5.75 Å². The van der Waals surface area contributed by atoms with E-state index in [0.717, 1.165) is 5.69 Å². The number of benzene rings is 2. The predicted molar refractivity (Wildman–Crippen MR) is 150 cm³/mol. The van der Waals surface area contributed by atoms with Crippen LogP contribution in [-0.2, 0) is 25.6 Å². The van der Waals surface area contributed by atoms with Crippen LogP contribution in [0.3, 0.4) is 0 Å². The van der Waals surface area contributed by atoms with E-state index in [-0.39, 0.29) is 18.9 Å². The number of carbonyl (C=O) groups excluding carboxylic acids is 3. The van der Waals surface area contributed by atoms with Gasteiger partial charge in [-0.15, -0.1) is 0 Å². The number of nitrogens with zero attached hydrogens (tertiary/aromatic N) is 3. The van der Waals surface area contributed by atoms with E-state index in [4.69, 9.17) is 9.26 Å². The number of aryl methyl sites for hydroxylation is 1. The number of aliphatic carboxylic acids is 1. The first-order valence-electron chi connectivity index (χ1n) is 13.1. The van der Waals surface area contributed by atoms with Crippen molar-refractivity contribution < 1.29 is 33.5 Å². The summed E-state index contributed by atoms with van der Waals surface area (Å²) < 4.78 is 10.6. The number of carboxylic acid groups (broad SMARTS) is 1. The van der Waals surface area contributed by atoms with Crippen LogP contribution in [0.2, 0.25) is 0 Å². The molecule has 0 fully saturated rings. The lowest BCUT2D eigenvalue weighted by Crippen LogP contribution is -2.55. The molecule has 0 aliphatic heterocycles. The van der Waals surface area contributed by atoms with Crippen LogP contribution in [-0.4, -0.2) is 71.6 Å². The second kappa shape index (κ2) is 14.1. The molecule has 1 aromatic heterocycles. The zero-order valence-electron chi connectivity index (χ0n) is 23.7. The molecule has 2 amide bonds. The van der Waals surface area contributed by atoms with Crippen molar-refractivity contribution in [2.75, 3.05) is 25.6 Å². The van der Waals surface area contributed by atoms with Crippen molar-refractivity contribution in [2.45, 2.75) is 45.7 Å². The summed E-state index contributed by atoms with van der Waals surface area (Å²) >= 11 is 0. The van der Waals surface area contributed by atoms with E-state index in [2.05, 4.69) is 20.8 Å². The summed E-state index contributed by atoms with van der Waals surface area (Å²) in [5, 5.41) is 18.4. The van der Waals surface area contributed by atoms with Crippen molar-refractivity contribution in [3.8, 4) is 17.2 Å². The van der Waals surface area contributed by atoms with Crippen molar-refractivity contribution in [2.24, 2.45) is 5.92 Å². The van der Waals surface area contributed by atoms with Gasteiger partial charge >= 0.3 is 5.97 Å². The Morgan fingerprint density at radius 1 is 1.07 bits per heavy atom. The number of likely N-dealkylation sites (N-methyl/N-ethyl adjacent to an activating group) is 1. The number of aromatic nitrogens is 2. The average Bonchev–Trinajstić information content (AvgIpc) is 3.37. The van der Waals surface area contributed by atoms with Gasteiger partial charge in [0.2, 0.25) is 11.8 Å². The number of hydrogen-bond acceptors (Lipinski definition) is 9. The highest BCUT2D eigenvalue weighted by Gasteiger charge is 2.30. The zero-order valence-corrected chi connectivity index (χ0v) is 23.7. The molecule has 2 atom stereocenters. The normalized spacial score (nSPS) is 12.3. The van der Waals surface area contributed by atoms with E-state index in [9.17, 15) is 24.3 Å². The van der Waals surface area contributed by atoms with Gasteiger partial charge in [-0.25, -0.2) is 0 Å². The number of nitrogens with one attached hydrogen (secondary N) is 2. The minimum absolute atomic E-state index is 0.114. The molecule has 218 valence electrons. The summed E-state index contributed by atoms with van der Waals surface area (Å²) in [6.07, 6.45) is -0.717. The zero-order chi connectivity index (χ0) is 30.1. The molecule has 3 N–H and O–H groups in total. The molecule has 0 radical (unpaired) electrons. The number of anilines is 1. The molecule has 12 heteroatoms. The molecule has 0 saturated carbocycles. The Hall–Kier alpha value is -4.74. The molecular weight excluding hydrogens is 530 g/mol. The fourth-order valence-corrected chi connectivity index (χ4v) is 4.20. The molecule has 3 rings (SSSR count). The van der Waals surface area contributed by atoms with Gasteiger partial charge in [0.1, 0.15) is 11.8 Å². The Kier molecular flexibility index (Phi) is 10.6. The number of para-hydroxylation sites is 1. The minimum atomic E-state index is -1.28. The van der Waals surface area contributed by atoms with Gasteiger partial charge in [0.25, 0.3) is 5.89 Å². The van der Waals surface area contributed by atoms with E-state index >= 15 is 0 Å². The van der Waals surface area contributed by atoms with E-state index < -0.39 is 42.1 Å². The molecule has 1 unspecified atom stereocenters. The largest absolute Gasteiger partial charge is 0.496 e. The molecule has 0 aliphatic carbocycles. The third-order valence-electron chi connectivity index (χ3n) is 6.35. The van der Waals surface area contributed by atoms with E-state index in [1.54, 1.807) is 50.9 Å². The summed E-state index contributed by atoms with van der Waals surface area (Å²) in [6.45, 7) is 5.05. The van der Waals surface area contributed by atoms with Crippen LogP contribution < -0.4 is 20.3 Å². The SMILES string of the molecule is COc1ccc(-c2nc(C)no2)cc1CC(=O)N[C@H](C(=O)NC(CC(=O)O)C(=O)CN(C)c1ccccc1)C(C)C. The number of methoxy groups -OCH3 is 1. The molecule has 3 aromatic rings. The van der Waals surface area contributed by atoms with Crippen molar-refractivity contribution in [3.63, 3.8) is 0 Å². The molecule has 0 saturated heterocycles. The molecule has 0 aliphatic rings. The topological polar surface area (TPSA) is 164 Å². The Balaban J connectivity index is 1.71. The number of Topliss-reactive ketones (excluding diaryl/α,β-unsaturated/α-hetero) is 1. The number of carbonyl (C=O) groups is 4. The maximum atomic E-state index is 13.3. The Bertz CT molecular complexity index is 1370. The van der Waals surface area contributed by atoms with Gasteiger partial charge in [0.05, 0.1) is 32.5 Å². The fourth-order valence-electron chi connectivity index (χ4n) is 4.20. The van der Waals surface area contributed by atoms with E-state index in [1.807, 2.05) is 30.3 Å². The van der Waals surface area contributed by atoms with Gasteiger partial charge in [-0.2, -0.15) is 4.98 Å². The third kappa shape index (κ3) is 8.62. The number of ketones is 1. The van der Waals surface area contributed by atoms with Crippen LogP contribution >= 0.6 is 0 Å². The van der Waals surface area contributed by atoms with Crippen molar-refractivity contribution in [1.82, 2.24) is 20.8 Å². The lowest BCUT2D eigenvalue weighted by molar-refractivity contribution is -0.140. The summed E-state index contributed by atoms with van der Waals surface area (Å²) in [5.41, 5.74) is 1.90. The van der Waals surface area contributed by atoms with Crippen molar-refractivity contribution in [1.29, 1.82) is 0 Å². The minimum Gasteiger partial charge on any atom is -0.496 e. The maximum Gasteiger partial charge on any atom is 0.305 e. The fraction of sp³-hybridized carbons (Fsp3) is 0.379. The number of amides is 2. The number of rotatable bonds is 14. The lowest BCUT2D eigenvalue weighted by Gasteiger charge is -2.26. The molecule has 0 spiro atoms. The summed E-state index contributed by atoms with van der Waals surface area (Å²) in [6, 6.07) is 11.9. The van der Waals surface area contributed by atoms with Gasteiger partial charge in [0, 0.05) is 23.9 Å². The van der Waals surface area contributed by atoms with E-state index in [0.29, 0.717) is 28.6 Å². The van der Waals surface area contributed by atoms with Crippen LogP contribution in [0.15, 0.2) is 53.1 Å². The van der Waals surface area contributed by atoms with Gasteiger partial charge < -0.3 is 29.9 Å². The molecular formula is C29H35N5O7. The smallest absolute Gasteiger partial charge is 0.305 e. The maximum absolute atomic E-state index is 13.3. The molecule has 1 heterocycles. The number of ether oxygens (including phenoxy) is 1. The van der Waals surface area contributed by atoms with Crippen LogP contribution in [0.4, 0.5) is 5.69 Å².